The molecule has 6 heteroatoms. The summed E-state index contributed by atoms with van der Waals surface area (Å²) in [6.07, 6.45) is 0. The topological polar surface area (TPSA) is 69.5 Å². The predicted octanol–water partition coefficient (Wildman–Crippen LogP) is 3.52. The fourth-order valence-corrected chi connectivity index (χ4v) is 3.00. The molecule has 2 aromatic carbocycles. The van der Waals surface area contributed by atoms with Crippen molar-refractivity contribution in [2.24, 2.45) is 0 Å². The molecule has 2 aromatic rings. The van der Waals surface area contributed by atoms with Crippen LogP contribution in [0.3, 0.4) is 0 Å². The van der Waals surface area contributed by atoms with E-state index in [4.69, 9.17) is 28.5 Å². The Morgan fingerprint density at radius 3 is 2.62 bits per heavy atom. The van der Waals surface area contributed by atoms with Crippen LogP contribution in [0.2, 0.25) is 10.0 Å². The Hall–Kier alpha value is -2.06. The van der Waals surface area contributed by atoms with Gasteiger partial charge in [-0.2, -0.15) is 5.26 Å². The maximum Gasteiger partial charge on any atom is 0.282 e. The minimum absolute atomic E-state index is 0.000888. The number of halogens is 2. The molecule has 0 saturated carbocycles. The van der Waals surface area contributed by atoms with Crippen LogP contribution in [0, 0.1) is 11.3 Å². The number of carbonyl (C=O) groups excluding carboxylic acids is 1. The van der Waals surface area contributed by atoms with E-state index >= 15 is 0 Å². The third kappa shape index (κ3) is 4.72. The second kappa shape index (κ2) is 8.16. The Kier molecular flexibility index (Phi) is 6.22. The SMILES string of the molecule is C[C@H]([NH2+][C@@H](C)c1ccc(Cl)cc1Cl)C(=O)Nc1cccc(C#N)c1. The smallest absolute Gasteiger partial charge is 0.282 e. The van der Waals surface area contributed by atoms with Crippen LogP contribution < -0.4 is 10.6 Å². The molecule has 0 aliphatic carbocycles. The molecule has 0 aliphatic heterocycles. The number of hydrogen-bond acceptors (Lipinski definition) is 2. The Morgan fingerprint density at radius 1 is 1.21 bits per heavy atom. The van der Waals surface area contributed by atoms with Crippen molar-refractivity contribution in [1.82, 2.24) is 0 Å². The molecule has 0 spiro atoms. The van der Waals surface area contributed by atoms with Crippen LogP contribution in [0.15, 0.2) is 42.5 Å². The average molecular weight is 363 g/mol. The summed E-state index contributed by atoms with van der Waals surface area (Å²) in [7, 11) is 0. The minimum atomic E-state index is -0.322. The van der Waals surface area contributed by atoms with Crippen LogP contribution in [0.25, 0.3) is 0 Å². The fraction of sp³-hybridized carbons (Fsp3) is 0.222. The van der Waals surface area contributed by atoms with Crippen LogP contribution in [0.1, 0.15) is 31.0 Å². The molecule has 4 nitrogen and oxygen atoms in total. The monoisotopic (exact) mass is 362 g/mol. The molecule has 0 fully saturated rings. The first-order chi connectivity index (χ1) is 11.4. The summed E-state index contributed by atoms with van der Waals surface area (Å²) in [6.45, 7) is 3.80. The standard InChI is InChI=1S/C18H17Cl2N3O/c1-11(16-7-6-14(19)9-17(16)20)22-12(2)18(24)23-15-5-3-4-13(8-15)10-21/h3-9,11-12,22H,1-2H3,(H,23,24)/p+1/t11-,12-/m0/s1. The van der Waals surface area contributed by atoms with Gasteiger partial charge in [0.05, 0.1) is 16.7 Å². The highest BCUT2D eigenvalue weighted by Crippen LogP contribution is 2.24. The first kappa shape index (κ1) is 18.3. The number of hydrogen-bond donors (Lipinski definition) is 2. The molecule has 2 atom stereocenters. The minimum Gasteiger partial charge on any atom is -0.330 e. The van der Waals surface area contributed by atoms with Crippen LogP contribution in [-0.4, -0.2) is 11.9 Å². The van der Waals surface area contributed by atoms with Gasteiger partial charge in [0.2, 0.25) is 0 Å². The van der Waals surface area contributed by atoms with Crippen LogP contribution in [0.5, 0.6) is 0 Å². The summed E-state index contributed by atoms with van der Waals surface area (Å²) < 4.78 is 0. The van der Waals surface area contributed by atoms with Crippen molar-refractivity contribution in [2.45, 2.75) is 25.9 Å². The van der Waals surface area contributed by atoms with Crippen molar-refractivity contribution in [3.05, 3.63) is 63.6 Å². The van der Waals surface area contributed by atoms with Crippen molar-refractivity contribution in [1.29, 1.82) is 5.26 Å². The third-order valence-electron chi connectivity index (χ3n) is 3.70. The van der Waals surface area contributed by atoms with E-state index in [1.807, 2.05) is 31.3 Å². The van der Waals surface area contributed by atoms with Crippen LogP contribution in [0.4, 0.5) is 5.69 Å². The number of benzene rings is 2. The number of nitrogens with two attached hydrogens (primary N) is 1. The quantitative estimate of drug-likeness (QED) is 0.854. The number of nitrogens with zero attached hydrogens (tertiary/aromatic N) is 1. The lowest BCUT2D eigenvalue weighted by Gasteiger charge is -2.18. The zero-order valence-corrected chi connectivity index (χ0v) is 14.9. The van der Waals surface area contributed by atoms with E-state index in [0.29, 0.717) is 21.3 Å². The first-order valence-corrected chi connectivity index (χ1v) is 8.27. The lowest BCUT2D eigenvalue weighted by Crippen LogP contribution is -2.91. The van der Waals surface area contributed by atoms with Gasteiger partial charge in [0.15, 0.2) is 6.04 Å². The molecule has 0 aliphatic rings. The van der Waals surface area contributed by atoms with Gasteiger partial charge in [0, 0.05) is 16.3 Å². The summed E-state index contributed by atoms with van der Waals surface area (Å²) in [5, 5.41) is 14.8. The van der Waals surface area contributed by atoms with Gasteiger partial charge in [0.1, 0.15) is 6.04 Å². The van der Waals surface area contributed by atoms with Gasteiger partial charge in [-0.15, -0.1) is 0 Å². The van der Waals surface area contributed by atoms with Gasteiger partial charge >= 0.3 is 0 Å². The number of carbonyl (C=O) groups is 1. The van der Waals surface area contributed by atoms with Crippen molar-refractivity contribution in [3.63, 3.8) is 0 Å². The van der Waals surface area contributed by atoms with E-state index in [1.165, 1.54) is 0 Å². The number of amides is 1. The summed E-state index contributed by atoms with van der Waals surface area (Å²) >= 11 is 12.1. The number of quaternary nitrogens is 1. The lowest BCUT2D eigenvalue weighted by atomic mass is 10.1. The molecule has 124 valence electrons. The second-order valence-corrected chi connectivity index (χ2v) is 6.46. The molecular formula is C18H18Cl2N3O+. The molecule has 24 heavy (non-hydrogen) atoms. The Labute approximate surface area is 151 Å². The highest BCUT2D eigenvalue weighted by Gasteiger charge is 2.22. The van der Waals surface area contributed by atoms with Crippen molar-refractivity contribution < 1.29 is 10.1 Å². The van der Waals surface area contributed by atoms with Gasteiger partial charge < -0.3 is 10.6 Å². The van der Waals surface area contributed by atoms with Gasteiger partial charge in [-0.1, -0.05) is 35.3 Å². The summed E-state index contributed by atoms with van der Waals surface area (Å²) in [6, 6.07) is 13.9. The molecule has 0 unspecified atom stereocenters. The fourth-order valence-electron chi connectivity index (χ4n) is 2.42. The molecule has 0 saturated heterocycles. The van der Waals surface area contributed by atoms with Gasteiger partial charge in [-0.05, 0) is 44.2 Å². The molecule has 3 N–H and O–H groups in total. The maximum atomic E-state index is 12.3. The van der Waals surface area contributed by atoms with E-state index in [-0.39, 0.29) is 18.0 Å². The van der Waals surface area contributed by atoms with Crippen molar-refractivity contribution >= 4 is 34.8 Å². The van der Waals surface area contributed by atoms with Gasteiger partial charge in [0.25, 0.3) is 5.91 Å². The Bertz CT molecular complexity index is 786. The third-order valence-corrected chi connectivity index (χ3v) is 4.27. The van der Waals surface area contributed by atoms with E-state index < -0.39 is 0 Å². The molecular weight excluding hydrogens is 345 g/mol. The number of anilines is 1. The first-order valence-electron chi connectivity index (χ1n) is 7.51. The molecule has 0 radical (unpaired) electrons. The average Bonchev–Trinajstić information content (AvgIpc) is 2.54. The van der Waals surface area contributed by atoms with E-state index in [1.54, 1.807) is 36.4 Å². The Morgan fingerprint density at radius 2 is 1.96 bits per heavy atom. The summed E-state index contributed by atoms with van der Waals surface area (Å²) in [5.74, 6) is -0.137. The van der Waals surface area contributed by atoms with E-state index in [0.717, 1.165) is 5.56 Å². The Balaban J connectivity index is 2.01. The van der Waals surface area contributed by atoms with Crippen molar-refractivity contribution in [2.75, 3.05) is 5.32 Å². The van der Waals surface area contributed by atoms with Crippen LogP contribution in [-0.2, 0) is 4.79 Å². The molecule has 0 bridgehead atoms. The second-order valence-electron chi connectivity index (χ2n) is 5.62. The van der Waals surface area contributed by atoms with E-state index in [9.17, 15) is 4.79 Å². The maximum absolute atomic E-state index is 12.3. The predicted molar refractivity (Wildman–Crippen MR) is 96.1 cm³/mol. The van der Waals surface area contributed by atoms with Crippen molar-refractivity contribution in [3.8, 4) is 6.07 Å². The van der Waals surface area contributed by atoms with Gasteiger partial charge in [-0.25, -0.2) is 0 Å². The summed E-state index contributed by atoms with van der Waals surface area (Å²) in [5.41, 5.74) is 2.04. The summed E-state index contributed by atoms with van der Waals surface area (Å²) in [4.78, 5) is 12.3. The highest BCUT2D eigenvalue weighted by atomic mass is 35.5. The number of nitrogens with one attached hydrogen (secondary N) is 1. The zero-order valence-electron chi connectivity index (χ0n) is 13.4. The van der Waals surface area contributed by atoms with Crippen LogP contribution >= 0.6 is 23.2 Å². The molecule has 0 aromatic heterocycles. The lowest BCUT2D eigenvalue weighted by molar-refractivity contribution is -0.709. The van der Waals surface area contributed by atoms with E-state index in [2.05, 4.69) is 5.32 Å². The largest absolute Gasteiger partial charge is 0.330 e. The zero-order chi connectivity index (χ0) is 17.7. The molecule has 0 heterocycles. The van der Waals surface area contributed by atoms with Gasteiger partial charge in [-0.3, -0.25) is 4.79 Å². The highest BCUT2D eigenvalue weighted by molar-refractivity contribution is 6.35. The molecule has 2 rings (SSSR count). The number of nitriles is 1. The molecule has 1 amide bonds. The number of rotatable bonds is 5. The normalized spacial score (nSPS) is 13.0.